The molecule has 0 aromatic heterocycles. The van der Waals surface area contributed by atoms with Gasteiger partial charge in [0.25, 0.3) is 0 Å². The van der Waals surface area contributed by atoms with Crippen molar-refractivity contribution in [1.82, 2.24) is 5.23 Å². The summed E-state index contributed by atoms with van der Waals surface area (Å²) in [5.74, 6) is 0.482. The zero-order valence-corrected chi connectivity index (χ0v) is 6.88. The maximum Gasteiger partial charge on any atom is 0.0807 e. The summed E-state index contributed by atoms with van der Waals surface area (Å²) in [5, 5.41) is 19.6. The predicted molar refractivity (Wildman–Crippen MR) is 42.3 cm³/mol. The Morgan fingerprint density at radius 3 is 2.67 bits per heavy atom. The maximum absolute atomic E-state index is 10.8. The Labute approximate surface area is 71.0 Å². The van der Waals surface area contributed by atoms with Crippen LogP contribution in [0, 0.1) is 17.0 Å². The van der Waals surface area contributed by atoms with E-state index in [1.807, 2.05) is 6.08 Å². The van der Waals surface area contributed by atoms with Gasteiger partial charge in [0.05, 0.1) is 12.1 Å². The van der Waals surface area contributed by atoms with E-state index in [0.29, 0.717) is 5.92 Å². The molecule has 2 aliphatic carbocycles. The van der Waals surface area contributed by atoms with E-state index in [-0.39, 0.29) is 17.2 Å². The molecule has 0 radical (unpaired) electrons. The Bertz CT molecular complexity index is 204. The number of methoxy groups -OCH3 is 1. The first kappa shape index (κ1) is 8.19. The number of rotatable bonds is 2. The minimum Gasteiger partial charge on any atom is -0.762 e. The number of nitrogens with zero attached hydrogens (tertiary/aromatic N) is 1. The fourth-order valence-electron chi connectivity index (χ4n) is 2.35. The van der Waals surface area contributed by atoms with E-state index >= 15 is 0 Å². The van der Waals surface area contributed by atoms with Gasteiger partial charge in [-0.15, -0.1) is 0 Å². The van der Waals surface area contributed by atoms with Crippen molar-refractivity contribution in [3.8, 4) is 0 Å². The smallest absolute Gasteiger partial charge is 0.0807 e. The lowest BCUT2D eigenvalue weighted by Gasteiger charge is -2.36. The molecule has 0 saturated heterocycles. The minimum atomic E-state index is -0.398. The normalized spacial score (nSPS) is 44.7. The van der Waals surface area contributed by atoms with Crippen molar-refractivity contribution in [1.29, 1.82) is 0 Å². The summed E-state index contributed by atoms with van der Waals surface area (Å²) < 4.78 is 5.17. The quantitative estimate of drug-likeness (QED) is 0.491. The zero-order chi connectivity index (χ0) is 8.72. The topological polar surface area (TPSA) is 55.8 Å². The van der Waals surface area contributed by atoms with Crippen molar-refractivity contribution in [2.45, 2.75) is 18.6 Å². The summed E-state index contributed by atoms with van der Waals surface area (Å²) in [6, 6.07) is -0.398. The Hall–Kier alpha value is -0.420. The van der Waals surface area contributed by atoms with Crippen LogP contribution >= 0.6 is 0 Å². The Morgan fingerprint density at radius 1 is 1.50 bits per heavy atom. The molecule has 1 N–H and O–H groups in total. The van der Waals surface area contributed by atoms with Crippen LogP contribution in [0.25, 0.3) is 0 Å². The van der Waals surface area contributed by atoms with Gasteiger partial charge in [0.15, 0.2) is 0 Å². The van der Waals surface area contributed by atoms with E-state index in [2.05, 4.69) is 6.08 Å². The zero-order valence-electron chi connectivity index (χ0n) is 6.88. The highest BCUT2D eigenvalue weighted by Gasteiger charge is 2.45. The van der Waals surface area contributed by atoms with Crippen LogP contribution < -0.4 is 0 Å². The molecule has 0 spiro atoms. The van der Waals surface area contributed by atoms with Gasteiger partial charge in [-0.05, 0) is 12.3 Å². The highest BCUT2D eigenvalue weighted by Crippen LogP contribution is 2.42. The molecule has 1 fully saturated rings. The minimum absolute atomic E-state index is 0.0440. The number of hydrogen-bond acceptors (Lipinski definition) is 4. The fraction of sp³-hybridized carbons (Fsp3) is 0.750. The standard InChI is InChI=1S/C8H12NO3/c1-12-8-6-3-2-5(4-6)7(8)9(10)11/h2-3,5-8,10H,4H2,1H3/q-1. The van der Waals surface area contributed by atoms with E-state index in [1.165, 1.54) is 0 Å². The lowest BCUT2D eigenvalue weighted by molar-refractivity contribution is -0.125. The molecule has 2 bridgehead atoms. The second kappa shape index (κ2) is 2.81. The van der Waals surface area contributed by atoms with Crippen molar-refractivity contribution < 1.29 is 9.94 Å². The van der Waals surface area contributed by atoms with Gasteiger partial charge < -0.3 is 15.2 Å². The average molecular weight is 170 g/mol. The van der Waals surface area contributed by atoms with E-state index in [0.717, 1.165) is 6.42 Å². The molecule has 4 unspecified atom stereocenters. The van der Waals surface area contributed by atoms with E-state index < -0.39 is 6.04 Å². The largest absolute Gasteiger partial charge is 0.762 e. The third-order valence-electron chi connectivity index (χ3n) is 2.87. The molecule has 12 heavy (non-hydrogen) atoms. The maximum atomic E-state index is 10.8. The van der Waals surface area contributed by atoms with E-state index in [1.54, 1.807) is 7.11 Å². The van der Waals surface area contributed by atoms with Gasteiger partial charge in [-0.3, -0.25) is 5.23 Å². The number of hydrogen-bond donors (Lipinski definition) is 1. The van der Waals surface area contributed by atoms with Gasteiger partial charge in [0.1, 0.15) is 0 Å². The van der Waals surface area contributed by atoms with Gasteiger partial charge in [0, 0.05) is 13.0 Å². The van der Waals surface area contributed by atoms with Gasteiger partial charge >= 0.3 is 0 Å². The molecule has 4 nitrogen and oxygen atoms in total. The van der Waals surface area contributed by atoms with Crippen molar-refractivity contribution in [3.05, 3.63) is 17.4 Å². The summed E-state index contributed by atoms with van der Waals surface area (Å²) in [6.45, 7) is 0. The lowest BCUT2D eigenvalue weighted by atomic mass is 9.99. The van der Waals surface area contributed by atoms with Gasteiger partial charge in [-0.1, -0.05) is 12.2 Å². The number of hydroxylamine groups is 2. The summed E-state index contributed by atoms with van der Waals surface area (Å²) in [5.41, 5.74) is 0. The Balaban J connectivity index is 2.17. The fourth-order valence-corrected chi connectivity index (χ4v) is 2.35. The molecular weight excluding hydrogens is 158 g/mol. The van der Waals surface area contributed by atoms with Crippen molar-refractivity contribution in [3.63, 3.8) is 0 Å². The molecular formula is C8H12NO3-. The Kier molecular flexibility index (Phi) is 1.92. The van der Waals surface area contributed by atoms with Gasteiger partial charge in [-0.2, -0.15) is 0 Å². The van der Waals surface area contributed by atoms with Crippen molar-refractivity contribution >= 4 is 0 Å². The van der Waals surface area contributed by atoms with Crippen LogP contribution in [0.4, 0.5) is 0 Å². The highest BCUT2D eigenvalue weighted by molar-refractivity contribution is 5.17. The number of ether oxygens (including phenoxy) is 1. The lowest BCUT2D eigenvalue weighted by Crippen LogP contribution is -2.42. The third kappa shape index (κ3) is 0.998. The van der Waals surface area contributed by atoms with Crippen molar-refractivity contribution in [2.75, 3.05) is 7.11 Å². The molecule has 0 aromatic carbocycles. The Morgan fingerprint density at radius 2 is 2.17 bits per heavy atom. The van der Waals surface area contributed by atoms with Crippen molar-refractivity contribution in [2.24, 2.45) is 11.8 Å². The number of fused-ring (bicyclic) bond motifs is 2. The summed E-state index contributed by atoms with van der Waals surface area (Å²) in [4.78, 5) is 0. The van der Waals surface area contributed by atoms with Crippen LogP contribution in [0.3, 0.4) is 0 Å². The van der Waals surface area contributed by atoms with E-state index in [9.17, 15) is 5.21 Å². The molecule has 4 heteroatoms. The molecule has 0 aliphatic heterocycles. The van der Waals surface area contributed by atoms with Crippen LogP contribution in [0.2, 0.25) is 0 Å². The molecule has 1 saturated carbocycles. The molecule has 68 valence electrons. The molecule has 4 atom stereocenters. The van der Waals surface area contributed by atoms with Gasteiger partial charge in [0.2, 0.25) is 0 Å². The summed E-state index contributed by atoms with van der Waals surface area (Å²) >= 11 is 0. The average Bonchev–Trinajstić information content (AvgIpc) is 2.60. The molecule has 0 amide bonds. The van der Waals surface area contributed by atoms with Gasteiger partial charge in [-0.25, -0.2) is 0 Å². The molecule has 0 aromatic rings. The first-order valence-electron chi connectivity index (χ1n) is 4.10. The first-order chi connectivity index (χ1) is 5.74. The molecule has 2 aliphatic rings. The van der Waals surface area contributed by atoms with Crippen LogP contribution in [-0.4, -0.2) is 29.7 Å². The SMILES string of the molecule is COC1C2C=CC(C2)C1N([O-])O. The van der Waals surface area contributed by atoms with E-state index in [4.69, 9.17) is 9.94 Å². The summed E-state index contributed by atoms with van der Waals surface area (Å²) in [6.07, 6.45) is 4.86. The monoisotopic (exact) mass is 170 g/mol. The second-order valence-corrected chi connectivity index (χ2v) is 3.44. The molecule has 2 rings (SSSR count). The molecule has 0 heterocycles. The first-order valence-corrected chi connectivity index (χ1v) is 4.10. The van der Waals surface area contributed by atoms with Crippen LogP contribution in [0.1, 0.15) is 6.42 Å². The van der Waals surface area contributed by atoms with Crippen LogP contribution in [0.5, 0.6) is 0 Å². The summed E-state index contributed by atoms with van der Waals surface area (Å²) in [7, 11) is 1.58. The van der Waals surface area contributed by atoms with Crippen LogP contribution in [0.15, 0.2) is 12.2 Å². The third-order valence-corrected chi connectivity index (χ3v) is 2.87. The second-order valence-electron chi connectivity index (χ2n) is 3.44. The highest BCUT2D eigenvalue weighted by atomic mass is 16.8. The predicted octanol–water partition coefficient (Wildman–Crippen LogP) is 0.765. The van der Waals surface area contributed by atoms with Crippen LogP contribution in [-0.2, 0) is 4.74 Å².